The molecule has 0 aromatic carbocycles. The van der Waals surface area contributed by atoms with Gasteiger partial charge in [0, 0.05) is 17.5 Å². The second-order valence-electron chi connectivity index (χ2n) is 2.16. The average molecular weight is 175 g/mol. The third kappa shape index (κ3) is 2.59. The van der Waals surface area contributed by atoms with Gasteiger partial charge in [0.1, 0.15) is 5.15 Å². The first-order valence-corrected chi connectivity index (χ1v) is 3.51. The van der Waals surface area contributed by atoms with Gasteiger partial charge in [-0.1, -0.05) is 11.6 Å². The van der Waals surface area contributed by atoms with E-state index < -0.39 is 0 Å². The molecular weight excluding hydrogens is 168 g/mol. The van der Waals surface area contributed by atoms with Crippen LogP contribution in [-0.4, -0.2) is 16.5 Å². The molecule has 0 radical (unpaired) electrons. The van der Waals surface area contributed by atoms with Crippen LogP contribution in [0.15, 0.2) is 12.3 Å². The van der Waals surface area contributed by atoms with Crippen molar-refractivity contribution >= 4 is 11.6 Å². The molecule has 0 saturated heterocycles. The molecule has 0 spiro atoms. The fraction of sp³-hybridized carbons (Fsp3) is 0.333. The maximum atomic E-state index is 9.94. The molecule has 0 aliphatic carbocycles. The van der Waals surface area contributed by atoms with Crippen molar-refractivity contribution in [3.63, 3.8) is 0 Å². The first-order valence-electron chi connectivity index (χ1n) is 3.13. The number of H-pyrrole nitrogens is 1. The van der Waals surface area contributed by atoms with E-state index in [-0.39, 0.29) is 11.5 Å². The average Bonchev–Trinajstić information content (AvgIpc) is 2.31. The Balaban J connectivity index is 2.45. The van der Waals surface area contributed by atoms with Gasteiger partial charge >= 0.3 is 0 Å². The largest absolute Gasteiger partial charge is 0.352 e. The lowest BCUT2D eigenvalue weighted by Crippen LogP contribution is -2.02. The molecule has 0 fully saturated rings. The van der Waals surface area contributed by atoms with E-state index in [2.05, 4.69) is 4.98 Å². The molecule has 0 aliphatic rings. The van der Waals surface area contributed by atoms with Crippen LogP contribution in [0.1, 0.15) is 5.56 Å². The van der Waals surface area contributed by atoms with Crippen molar-refractivity contribution in [3.05, 3.63) is 33.1 Å². The highest BCUT2D eigenvalue weighted by Crippen LogP contribution is 2.08. The highest BCUT2D eigenvalue weighted by atomic mass is 35.5. The summed E-state index contributed by atoms with van der Waals surface area (Å²) in [6, 6.07) is 1.69. The lowest BCUT2D eigenvalue weighted by atomic mass is 10.2. The Kier molecular flexibility index (Phi) is 2.48. The minimum atomic E-state index is -0.346. The van der Waals surface area contributed by atoms with Crippen LogP contribution >= 0.6 is 11.6 Å². The fourth-order valence-corrected chi connectivity index (χ4v) is 0.967. The Bertz CT molecular complexity index is 259. The van der Waals surface area contributed by atoms with Gasteiger partial charge in [-0.15, -0.1) is 0 Å². The lowest BCUT2D eigenvalue weighted by molar-refractivity contribution is -0.479. The first-order chi connectivity index (χ1) is 5.18. The molecule has 0 saturated carbocycles. The summed E-state index contributed by atoms with van der Waals surface area (Å²) in [7, 11) is 0. The molecule has 0 amide bonds. The summed E-state index contributed by atoms with van der Waals surface area (Å²) >= 11 is 5.55. The van der Waals surface area contributed by atoms with E-state index in [1.807, 2.05) is 0 Å². The van der Waals surface area contributed by atoms with Gasteiger partial charge in [0.2, 0.25) is 6.54 Å². The van der Waals surface area contributed by atoms with Crippen molar-refractivity contribution in [2.75, 3.05) is 6.54 Å². The third-order valence-corrected chi connectivity index (χ3v) is 1.51. The molecule has 11 heavy (non-hydrogen) atoms. The van der Waals surface area contributed by atoms with Gasteiger partial charge in [0.25, 0.3) is 0 Å². The molecule has 1 aromatic heterocycles. The van der Waals surface area contributed by atoms with E-state index in [1.165, 1.54) is 0 Å². The molecule has 4 nitrogen and oxygen atoms in total. The number of nitro groups is 1. The van der Waals surface area contributed by atoms with Crippen LogP contribution in [0.4, 0.5) is 0 Å². The van der Waals surface area contributed by atoms with Crippen LogP contribution in [0.25, 0.3) is 0 Å². The normalized spacial score (nSPS) is 9.91. The minimum Gasteiger partial charge on any atom is -0.352 e. The summed E-state index contributed by atoms with van der Waals surface area (Å²) in [4.78, 5) is 12.3. The molecular formula is C6H7ClN2O2. The Morgan fingerprint density at radius 1 is 1.73 bits per heavy atom. The van der Waals surface area contributed by atoms with Crippen molar-refractivity contribution in [2.24, 2.45) is 0 Å². The molecule has 1 rings (SSSR count). The zero-order valence-electron chi connectivity index (χ0n) is 5.71. The van der Waals surface area contributed by atoms with Gasteiger partial charge in [0.15, 0.2) is 0 Å². The number of nitrogens with one attached hydrogen (secondary N) is 1. The topological polar surface area (TPSA) is 58.9 Å². The predicted molar refractivity (Wildman–Crippen MR) is 41.4 cm³/mol. The molecule has 60 valence electrons. The van der Waals surface area contributed by atoms with E-state index >= 15 is 0 Å². The minimum absolute atomic E-state index is 0.0474. The Morgan fingerprint density at radius 2 is 2.45 bits per heavy atom. The summed E-state index contributed by atoms with van der Waals surface area (Å²) in [5.74, 6) is 0. The fourth-order valence-electron chi connectivity index (χ4n) is 0.772. The molecule has 1 N–H and O–H groups in total. The van der Waals surface area contributed by atoms with Crippen LogP contribution in [0.2, 0.25) is 5.15 Å². The summed E-state index contributed by atoms with van der Waals surface area (Å²) < 4.78 is 0. The first kappa shape index (κ1) is 8.07. The summed E-state index contributed by atoms with van der Waals surface area (Å²) in [6.07, 6.45) is 2.10. The number of rotatable bonds is 3. The quantitative estimate of drug-likeness (QED) is 0.558. The van der Waals surface area contributed by atoms with Crippen LogP contribution in [0.3, 0.4) is 0 Å². The molecule has 1 heterocycles. The van der Waals surface area contributed by atoms with Gasteiger partial charge in [-0.05, 0) is 11.6 Å². The predicted octanol–water partition coefficient (Wildman–Crippen LogP) is 1.49. The standard InChI is InChI=1S/C6H7ClN2O2/c7-6-3-5(4-8-6)1-2-9(10)11/h3-4,8H,1-2H2. The van der Waals surface area contributed by atoms with E-state index in [1.54, 1.807) is 12.3 Å². The zero-order chi connectivity index (χ0) is 8.27. The van der Waals surface area contributed by atoms with Crippen molar-refractivity contribution in [1.82, 2.24) is 4.98 Å². The highest BCUT2D eigenvalue weighted by molar-refractivity contribution is 6.29. The summed E-state index contributed by atoms with van der Waals surface area (Å²) in [5.41, 5.74) is 0.867. The van der Waals surface area contributed by atoms with E-state index in [0.29, 0.717) is 11.6 Å². The second-order valence-corrected chi connectivity index (χ2v) is 2.57. The van der Waals surface area contributed by atoms with Gasteiger partial charge in [-0.3, -0.25) is 10.1 Å². The van der Waals surface area contributed by atoms with Gasteiger partial charge in [-0.25, -0.2) is 0 Å². The Morgan fingerprint density at radius 3 is 2.91 bits per heavy atom. The Labute approximate surface area is 68.3 Å². The van der Waals surface area contributed by atoms with E-state index in [9.17, 15) is 10.1 Å². The summed E-state index contributed by atoms with van der Waals surface area (Å²) in [6.45, 7) is -0.0474. The number of nitrogens with zero attached hydrogens (tertiary/aromatic N) is 1. The van der Waals surface area contributed by atoms with Crippen LogP contribution < -0.4 is 0 Å². The van der Waals surface area contributed by atoms with Crippen molar-refractivity contribution < 1.29 is 4.92 Å². The molecule has 0 atom stereocenters. The summed E-state index contributed by atoms with van der Waals surface area (Å²) in [5, 5.41) is 10.5. The number of halogens is 1. The van der Waals surface area contributed by atoms with Crippen LogP contribution in [0.5, 0.6) is 0 Å². The Hall–Kier alpha value is -1.03. The van der Waals surface area contributed by atoms with Gasteiger partial charge < -0.3 is 4.98 Å². The van der Waals surface area contributed by atoms with Gasteiger partial charge in [-0.2, -0.15) is 0 Å². The van der Waals surface area contributed by atoms with E-state index in [0.717, 1.165) is 5.56 Å². The monoisotopic (exact) mass is 174 g/mol. The third-order valence-electron chi connectivity index (χ3n) is 1.29. The highest BCUT2D eigenvalue weighted by Gasteiger charge is 2.00. The number of aromatic amines is 1. The maximum absolute atomic E-state index is 9.94. The zero-order valence-corrected chi connectivity index (χ0v) is 6.47. The second kappa shape index (κ2) is 3.39. The molecule has 1 aromatic rings. The van der Waals surface area contributed by atoms with E-state index in [4.69, 9.17) is 11.6 Å². The van der Waals surface area contributed by atoms with Gasteiger partial charge in [0.05, 0.1) is 0 Å². The van der Waals surface area contributed by atoms with Crippen molar-refractivity contribution in [1.29, 1.82) is 0 Å². The number of aromatic nitrogens is 1. The molecule has 0 aliphatic heterocycles. The number of hydrogen-bond donors (Lipinski definition) is 1. The SMILES string of the molecule is O=[N+]([O-])CCc1c[nH]c(Cl)c1. The van der Waals surface area contributed by atoms with Crippen LogP contribution in [-0.2, 0) is 6.42 Å². The van der Waals surface area contributed by atoms with Crippen molar-refractivity contribution in [3.8, 4) is 0 Å². The van der Waals surface area contributed by atoms with Crippen LogP contribution in [0, 0.1) is 10.1 Å². The molecule has 0 unspecified atom stereocenters. The molecule has 5 heteroatoms. The maximum Gasteiger partial charge on any atom is 0.207 e. The molecule has 0 bridgehead atoms. The van der Waals surface area contributed by atoms with Crippen molar-refractivity contribution in [2.45, 2.75) is 6.42 Å². The number of hydrogen-bond acceptors (Lipinski definition) is 2. The lowest BCUT2D eigenvalue weighted by Gasteiger charge is -1.88. The smallest absolute Gasteiger partial charge is 0.207 e.